The Morgan fingerprint density at radius 3 is 2.79 bits per heavy atom. The van der Waals surface area contributed by atoms with E-state index in [0.29, 0.717) is 18.8 Å². The molecule has 0 aliphatic carbocycles. The van der Waals surface area contributed by atoms with Crippen LogP contribution in [0.15, 0.2) is 0 Å². The van der Waals surface area contributed by atoms with Crippen LogP contribution in [0.5, 0.6) is 0 Å². The van der Waals surface area contributed by atoms with Crippen LogP contribution in [-0.4, -0.2) is 56.0 Å². The lowest BCUT2D eigenvalue weighted by Gasteiger charge is -2.46. The van der Waals surface area contributed by atoms with Crippen LogP contribution in [0.2, 0.25) is 0 Å². The van der Waals surface area contributed by atoms with E-state index in [9.17, 15) is 0 Å². The van der Waals surface area contributed by atoms with Gasteiger partial charge in [-0.2, -0.15) is 0 Å². The Bertz CT molecular complexity index is 246. The minimum Gasteiger partial charge on any atom is -0.378 e. The summed E-state index contributed by atoms with van der Waals surface area (Å²) in [5.74, 6) is 0. The van der Waals surface area contributed by atoms with E-state index in [0.717, 1.165) is 39.0 Å². The maximum Gasteiger partial charge on any atom is 0.0597 e. The van der Waals surface area contributed by atoms with E-state index in [1.165, 1.54) is 6.42 Å². The lowest BCUT2D eigenvalue weighted by atomic mass is 9.84. The van der Waals surface area contributed by atoms with Gasteiger partial charge in [0.05, 0.1) is 18.8 Å². The lowest BCUT2D eigenvalue weighted by Crippen LogP contribution is -2.57. The fraction of sp³-hybridized carbons (Fsp3) is 1.00. The van der Waals surface area contributed by atoms with Crippen molar-refractivity contribution in [3.05, 3.63) is 0 Å². The van der Waals surface area contributed by atoms with Gasteiger partial charge in [-0.25, -0.2) is 0 Å². The molecule has 0 radical (unpaired) electrons. The highest BCUT2D eigenvalue weighted by molar-refractivity contribution is 4.95. The first-order chi connectivity index (χ1) is 9.04. The molecule has 0 spiro atoms. The van der Waals surface area contributed by atoms with Crippen molar-refractivity contribution in [1.29, 1.82) is 0 Å². The summed E-state index contributed by atoms with van der Waals surface area (Å²) in [5.41, 5.74) is 6.19. The highest BCUT2D eigenvalue weighted by atomic mass is 16.5. The normalized spacial score (nSPS) is 28.3. The summed E-state index contributed by atoms with van der Waals surface area (Å²) in [6.07, 6.45) is 5.06. The number of likely N-dealkylation sites (N-methyl/N-ethyl adjacent to an activating group) is 1. The van der Waals surface area contributed by atoms with Crippen LogP contribution in [0.1, 0.15) is 46.5 Å². The molecule has 2 unspecified atom stereocenters. The molecule has 1 fully saturated rings. The Morgan fingerprint density at radius 2 is 2.21 bits per heavy atom. The zero-order valence-corrected chi connectivity index (χ0v) is 13.2. The van der Waals surface area contributed by atoms with Crippen LogP contribution in [0.3, 0.4) is 0 Å². The monoisotopic (exact) mass is 272 g/mol. The van der Waals surface area contributed by atoms with Gasteiger partial charge in [-0.15, -0.1) is 0 Å². The predicted molar refractivity (Wildman–Crippen MR) is 79.4 cm³/mol. The highest BCUT2D eigenvalue weighted by Gasteiger charge is 2.38. The second-order valence-corrected chi connectivity index (χ2v) is 6.01. The van der Waals surface area contributed by atoms with E-state index in [4.69, 9.17) is 15.2 Å². The average Bonchev–Trinajstić information content (AvgIpc) is 2.38. The van der Waals surface area contributed by atoms with E-state index in [1.54, 1.807) is 0 Å². The number of hydrogen-bond acceptors (Lipinski definition) is 4. The van der Waals surface area contributed by atoms with Crippen molar-refractivity contribution in [3.8, 4) is 0 Å². The van der Waals surface area contributed by atoms with Crippen LogP contribution in [0, 0.1) is 0 Å². The van der Waals surface area contributed by atoms with Crippen molar-refractivity contribution in [2.24, 2.45) is 5.73 Å². The van der Waals surface area contributed by atoms with E-state index >= 15 is 0 Å². The molecule has 1 saturated heterocycles. The first-order valence-electron chi connectivity index (χ1n) is 7.68. The number of hydrogen-bond donors (Lipinski definition) is 1. The fourth-order valence-corrected chi connectivity index (χ4v) is 2.86. The van der Waals surface area contributed by atoms with Gasteiger partial charge in [0.25, 0.3) is 0 Å². The summed E-state index contributed by atoms with van der Waals surface area (Å²) in [5, 5.41) is 0. The Kier molecular flexibility index (Phi) is 7.29. The molecule has 0 aromatic heterocycles. The number of nitrogens with zero attached hydrogens (tertiary/aromatic N) is 1. The quantitative estimate of drug-likeness (QED) is 0.734. The molecule has 0 aromatic rings. The summed E-state index contributed by atoms with van der Waals surface area (Å²) in [6.45, 7) is 9.60. The fourth-order valence-electron chi connectivity index (χ4n) is 2.86. The van der Waals surface area contributed by atoms with Gasteiger partial charge in [-0.3, -0.25) is 4.90 Å². The minimum atomic E-state index is 0.0957. The largest absolute Gasteiger partial charge is 0.378 e. The third-order valence-corrected chi connectivity index (χ3v) is 4.21. The molecule has 0 saturated carbocycles. The van der Waals surface area contributed by atoms with E-state index in [-0.39, 0.29) is 5.54 Å². The Balaban J connectivity index is 2.52. The SMILES string of the molecule is CCCC1CC(CN)(N(C)CCOC(C)C)CCO1. The Morgan fingerprint density at radius 1 is 1.47 bits per heavy atom. The van der Waals surface area contributed by atoms with E-state index in [2.05, 4.69) is 32.7 Å². The van der Waals surface area contributed by atoms with Gasteiger partial charge in [0.1, 0.15) is 0 Å². The van der Waals surface area contributed by atoms with Crippen LogP contribution < -0.4 is 5.73 Å². The van der Waals surface area contributed by atoms with Crippen LogP contribution in [0.4, 0.5) is 0 Å². The number of ether oxygens (including phenoxy) is 2. The van der Waals surface area contributed by atoms with Crippen molar-refractivity contribution >= 4 is 0 Å². The molecule has 2 atom stereocenters. The van der Waals surface area contributed by atoms with Crippen molar-refractivity contribution in [3.63, 3.8) is 0 Å². The summed E-state index contributed by atoms with van der Waals surface area (Å²) in [6, 6.07) is 0. The topological polar surface area (TPSA) is 47.7 Å². The highest BCUT2D eigenvalue weighted by Crippen LogP contribution is 2.31. The first-order valence-corrected chi connectivity index (χ1v) is 7.68. The van der Waals surface area contributed by atoms with Crippen molar-refractivity contribution in [2.75, 3.05) is 33.4 Å². The maximum absolute atomic E-state index is 6.09. The van der Waals surface area contributed by atoms with Crippen LogP contribution in [-0.2, 0) is 9.47 Å². The molecule has 0 amide bonds. The summed E-state index contributed by atoms with van der Waals surface area (Å²) in [7, 11) is 2.17. The second kappa shape index (κ2) is 8.20. The van der Waals surface area contributed by atoms with Gasteiger partial charge < -0.3 is 15.2 Å². The van der Waals surface area contributed by atoms with Gasteiger partial charge >= 0.3 is 0 Å². The van der Waals surface area contributed by atoms with E-state index < -0.39 is 0 Å². The molecule has 2 N–H and O–H groups in total. The zero-order valence-electron chi connectivity index (χ0n) is 13.2. The first kappa shape index (κ1) is 16.9. The molecular formula is C15H32N2O2. The molecule has 114 valence electrons. The summed E-state index contributed by atoms with van der Waals surface area (Å²) >= 11 is 0. The van der Waals surface area contributed by atoms with Crippen molar-refractivity contribution < 1.29 is 9.47 Å². The van der Waals surface area contributed by atoms with E-state index in [1.807, 2.05) is 0 Å². The van der Waals surface area contributed by atoms with Gasteiger partial charge in [0, 0.05) is 25.2 Å². The molecule has 4 heteroatoms. The van der Waals surface area contributed by atoms with Gasteiger partial charge in [-0.1, -0.05) is 13.3 Å². The lowest BCUT2D eigenvalue weighted by molar-refractivity contribution is -0.0732. The molecule has 19 heavy (non-hydrogen) atoms. The Labute approximate surface area is 118 Å². The van der Waals surface area contributed by atoms with Gasteiger partial charge in [0.15, 0.2) is 0 Å². The maximum atomic E-state index is 6.09. The molecule has 1 aliphatic heterocycles. The minimum absolute atomic E-state index is 0.0957. The zero-order chi connectivity index (χ0) is 14.3. The van der Waals surface area contributed by atoms with Crippen molar-refractivity contribution in [2.45, 2.75) is 64.2 Å². The number of rotatable bonds is 8. The second-order valence-electron chi connectivity index (χ2n) is 6.01. The molecule has 0 aromatic carbocycles. The average molecular weight is 272 g/mol. The summed E-state index contributed by atoms with van der Waals surface area (Å²) < 4.78 is 11.5. The third-order valence-electron chi connectivity index (χ3n) is 4.21. The molecular weight excluding hydrogens is 240 g/mol. The standard InChI is InChI=1S/C15H32N2O2/c1-5-6-14-11-15(12-16,7-9-19-14)17(4)8-10-18-13(2)3/h13-14H,5-12,16H2,1-4H3. The predicted octanol–water partition coefficient (Wildman–Crippen LogP) is 2.02. The van der Waals surface area contributed by atoms with Gasteiger partial charge in [0.2, 0.25) is 0 Å². The molecule has 1 rings (SSSR count). The third kappa shape index (κ3) is 5.03. The smallest absolute Gasteiger partial charge is 0.0597 e. The van der Waals surface area contributed by atoms with Crippen molar-refractivity contribution in [1.82, 2.24) is 4.90 Å². The molecule has 1 heterocycles. The molecule has 0 bridgehead atoms. The van der Waals surface area contributed by atoms with Crippen LogP contribution in [0.25, 0.3) is 0 Å². The number of nitrogens with two attached hydrogens (primary N) is 1. The Hall–Kier alpha value is -0.160. The van der Waals surface area contributed by atoms with Crippen LogP contribution >= 0.6 is 0 Å². The molecule has 4 nitrogen and oxygen atoms in total. The van der Waals surface area contributed by atoms with Gasteiger partial charge in [-0.05, 0) is 40.2 Å². The summed E-state index contributed by atoms with van der Waals surface area (Å²) in [4.78, 5) is 2.39. The molecule has 1 aliphatic rings.